The summed E-state index contributed by atoms with van der Waals surface area (Å²) in [5.74, 6) is 1.21. The van der Waals surface area contributed by atoms with Crippen LogP contribution in [0.2, 0.25) is 0 Å². The fourth-order valence-electron chi connectivity index (χ4n) is 3.47. The Kier molecular flexibility index (Phi) is 4.52. The molecule has 1 fully saturated rings. The van der Waals surface area contributed by atoms with Gasteiger partial charge < -0.3 is 9.42 Å². The van der Waals surface area contributed by atoms with E-state index in [4.69, 9.17) is 4.52 Å². The number of hydrogen-bond acceptors (Lipinski definition) is 4. The minimum atomic E-state index is -0.128. The van der Waals surface area contributed by atoms with Crippen LogP contribution in [-0.2, 0) is 11.2 Å². The highest BCUT2D eigenvalue weighted by atomic mass is 16.5. The summed E-state index contributed by atoms with van der Waals surface area (Å²) in [6.45, 7) is 2.77. The van der Waals surface area contributed by atoms with Crippen LogP contribution in [0.15, 0.2) is 59.1 Å². The van der Waals surface area contributed by atoms with Gasteiger partial charge in [0.2, 0.25) is 17.6 Å². The molecular weight excluding hydrogens is 326 g/mol. The summed E-state index contributed by atoms with van der Waals surface area (Å²) in [7, 11) is 0. The molecule has 2 heterocycles. The van der Waals surface area contributed by atoms with Crippen LogP contribution in [0.3, 0.4) is 0 Å². The molecule has 0 radical (unpaired) electrons. The third kappa shape index (κ3) is 3.25. The third-order valence-electron chi connectivity index (χ3n) is 4.93. The molecule has 1 amide bonds. The van der Waals surface area contributed by atoms with Crippen molar-refractivity contribution in [2.45, 2.75) is 32.2 Å². The maximum atomic E-state index is 12.9. The van der Waals surface area contributed by atoms with Crippen LogP contribution in [0.25, 0.3) is 11.4 Å². The summed E-state index contributed by atoms with van der Waals surface area (Å²) in [6.07, 6.45) is 2.21. The van der Waals surface area contributed by atoms with Gasteiger partial charge in [-0.3, -0.25) is 4.79 Å². The fraction of sp³-hybridized carbons (Fsp3) is 0.286. The van der Waals surface area contributed by atoms with Gasteiger partial charge in [-0.2, -0.15) is 4.98 Å². The van der Waals surface area contributed by atoms with Gasteiger partial charge in [0.15, 0.2) is 0 Å². The lowest BCUT2D eigenvalue weighted by molar-refractivity contribution is -0.131. The van der Waals surface area contributed by atoms with Crippen molar-refractivity contribution in [2.75, 3.05) is 6.54 Å². The first kappa shape index (κ1) is 16.5. The average Bonchev–Trinajstić information content (AvgIpc) is 3.33. The normalized spacial score (nSPS) is 16.8. The molecular formula is C21H21N3O2. The lowest BCUT2D eigenvalue weighted by Gasteiger charge is -2.22. The number of benzene rings is 2. The number of nitrogens with zero attached hydrogens (tertiary/aromatic N) is 3. The van der Waals surface area contributed by atoms with Crippen LogP contribution in [-0.4, -0.2) is 27.5 Å². The highest BCUT2D eigenvalue weighted by molar-refractivity contribution is 5.79. The van der Waals surface area contributed by atoms with Crippen molar-refractivity contribution in [1.29, 1.82) is 0 Å². The Morgan fingerprint density at radius 1 is 1.15 bits per heavy atom. The molecule has 5 nitrogen and oxygen atoms in total. The van der Waals surface area contributed by atoms with Crippen LogP contribution >= 0.6 is 0 Å². The van der Waals surface area contributed by atoms with Crippen molar-refractivity contribution in [3.63, 3.8) is 0 Å². The molecule has 1 aliphatic heterocycles. The van der Waals surface area contributed by atoms with E-state index in [-0.39, 0.29) is 11.9 Å². The maximum absolute atomic E-state index is 12.9. The molecule has 1 atom stereocenters. The van der Waals surface area contributed by atoms with Gasteiger partial charge in [-0.15, -0.1) is 0 Å². The van der Waals surface area contributed by atoms with Gasteiger partial charge in [0, 0.05) is 12.1 Å². The van der Waals surface area contributed by atoms with Crippen LogP contribution in [0.4, 0.5) is 0 Å². The first-order valence-electron chi connectivity index (χ1n) is 8.95. The van der Waals surface area contributed by atoms with Crippen LogP contribution in [0.1, 0.15) is 35.9 Å². The van der Waals surface area contributed by atoms with E-state index in [0.29, 0.717) is 18.1 Å². The number of hydrogen-bond donors (Lipinski definition) is 0. The molecule has 1 aromatic heterocycles. The number of aryl methyl sites for hydroxylation is 1. The number of amides is 1. The quantitative estimate of drug-likeness (QED) is 0.717. The molecule has 0 saturated carbocycles. The minimum Gasteiger partial charge on any atom is -0.337 e. The SMILES string of the molecule is Cc1ccccc1CC(=O)N1CCCC1c1nc(-c2ccccc2)no1. The molecule has 1 aliphatic rings. The third-order valence-corrected chi connectivity index (χ3v) is 4.93. The highest BCUT2D eigenvalue weighted by Gasteiger charge is 2.34. The zero-order chi connectivity index (χ0) is 17.9. The first-order chi connectivity index (χ1) is 12.7. The smallest absolute Gasteiger partial charge is 0.249 e. The Morgan fingerprint density at radius 3 is 2.73 bits per heavy atom. The van der Waals surface area contributed by atoms with Crippen molar-refractivity contribution in [3.05, 3.63) is 71.6 Å². The number of aromatic nitrogens is 2. The van der Waals surface area contributed by atoms with E-state index in [1.165, 1.54) is 0 Å². The predicted molar refractivity (Wildman–Crippen MR) is 98.3 cm³/mol. The minimum absolute atomic E-state index is 0.112. The molecule has 2 aromatic carbocycles. The standard InChI is InChI=1S/C21H21N3O2/c1-15-8-5-6-11-17(15)14-19(25)24-13-7-12-18(24)21-22-20(23-26-21)16-9-3-2-4-10-16/h2-6,8-11,18H,7,12-14H2,1H3. The largest absolute Gasteiger partial charge is 0.337 e. The molecule has 0 N–H and O–H groups in total. The lowest BCUT2D eigenvalue weighted by Crippen LogP contribution is -2.32. The van der Waals surface area contributed by atoms with Gasteiger partial charge >= 0.3 is 0 Å². The van der Waals surface area contributed by atoms with Crippen molar-refractivity contribution in [3.8, 4) is 11.4 Å². The van der Waals surface area contributed by atoms with Gasteiger partial charge in [0.05, 0.1) is 6.42 Å². The van der Waals surface area contributed by atoms with Crippen molar-refractivity contribution < 1.29 is 9.32 Å². The van der Waals surface area contributed by atoms with Crippen LogP contribution in [0.5, 0.6) is 0 Å². The second kappa shape index (κ2) is 7.12. The summed E-state index contributed by atoms with van der Waals surface area (Å²) in [6, 6.07) is 17.6. The van der Waals surface area contributed by atoms with Gasteiger partial charge in [-0.1, -0.05) is 59.8 Å². The van der Waals surface area contributed by atoms with E-state index in [2.05, 4.69) is 10.1 Å². The van der Waals surface area contributed by atoms with E-state index in [1.807, 2.05) is 66.4 Å². The van der Waals surface area contributed by atoms with E-state index in [9.17, 15) is 4.79 Å². The molecule has 1 unspecified atom stereocenters. The molecule has 4 rings (SSSR count). The number of rotatable bonds is 4. The summed E-state index contributed by atoms with van der Waals surface area (Å²) < 4.78 is 5.50. The molecule has 26 heavy (non-hydrogen) atoms. The Morgan fingerprint density at radius 2 is 1.92 bits per heavy atom. The average molecular weight is 347 g/mol. The van der Waals surface area contributed by atoms with Gasteiger partial charge in [0.1, 0.15) is 6.04 Å². The highest BCUT2D eigenvalue weighted by Crippen LogP contribution is 2.32. The Balaban J connectivity index is 1.53. The molecule has 0 spiro atoms. The summed E-state index contributed by atoms with van der Waals surface area (Å²) >= 11 is 0. The summed E-state index contributed by atoms with van der Waals surface area (Å²) in [4.78, 5) is 19.3. The molecule has 3 aromatic rings. The summed E-state index contributed by atoms with van der Waals surface area (Å²) in [5.41, 5.74) is 3.12. The molecule has 1 saturated heterocycles. The zero-order valence-electron chi connectivity index (χ0n) is 14.8. The second-order valence-corrected chi connectivity index (χ2v) is 6.67. The lowest BCUT2D eigenvalue weighted by atomic mass is 10.1. The van der Waals surface area contributed by atoms with Gasteiger partial charge in [-0.05, 0) is 30.9 Å². The van der Waals surface area contributed by atoms with E-state index < -0.39 is 0 Å². The maximum Gasteiger partial charge on any atom is 0.249 e. The molecule has 0 aliphatic carbocycles. The van der Waals surface area contributed by atoms with Crippen molar-refractivity contribution in [2.24, 2.45) is 0 Å². The van der Waals surface area contributed by atoms with Crippen LogP contribution in [0, 0.1) is 6.92 Å². The van der Waals surface area contributed by atoms with E-state index in [1.54, 1.807) is 0 Å². The van der Waals surface area contributed by atoms with E-state index in [0.717, 1.165) is 36.1 Å². The molecule has 132 valence electrons. The fourth-order valence-corrected chi connectivity index (χ4v) is 3.47. The van der Waals surface area contributed by atoms with Crippen molar-refractivity contribution in [1.82, 2.24) is 15.0 Å². The Bertz CT molecular complexity index is 904. The van der Waals surface area contributed by atoms with Crippen molar-refractivity contribution >= 4 is 5.91 Å². The van der Waals surface area contributed by atoms with Crippen LogP contribution < -0.4 is 0 Å². The topological polar surface area (TPSA) is 59.2 Å². The Hall–Kier alpha value is -2.95. The zero-order valence-corrected chi connectivity index (χ0v) is 14.8. The molecule has 0 bridgehead atoms. The molecule has 5 heteroatoms. The first-order valence-corrected chi connectivity index (χ1v) is 8.95. The van der Waals surface area contributed by atoms with E-state index >= 15 is 0 Å². The predicted octanol–water partition coefficient (Wildman–Crippen LogP) is 3.95. The number of carbonyl (C=O) groups excluding carboxylic acids is 1. The monoisotopic (exact) mass is 347 g/mol. The Labute approximate surface area is 152 Å². The van der Waals surface area contributed by atoms with Gasteiger partial charge in [-0.25, -0.2) is 0 Å². The number of carbonyl (C=O) groups is 1. The van der Waals surface area contributed by atoms with Gasteiger partial charge in [0.25, 0.3) is 0 Å². The second-order valence-electron chi connectivity index (χ2n) is 6.67. The summed E-state index contributed by atoms with van der Waals surface area (Å²) in [5, 5.41) is 4.10. The number of likely N-dealkylation sites (tertiary alicyclic amines) is 1.